The summed E-state index contributed by atoms with van der Waals surface area (Å²) in [5.41, 5.74) is 1.46. The number of aromatic nitrogens is 4. The Labute approximate surface area is 127 Å². The lowest BCUT2D eigenvalue weighted by atomic mass is 10.3. The second kappa shape index (κ2) is 6.37. The smallest absolute Gasteiger partial charge is 0.358 e. The third kappa shape index (κ3) is 3.30. The molecule has 0 bridgehead atoms. The zero-order chi connectivity index (χ0) is 16.3. The van der Waals surface area contributed by atoms with Gasteiger partial charge in [-0.2, -0.15) is 9.78 Å². The molecule has 0 aromatic carbocycles. The van der Waals surface area contributed by atoms with E-state index >= 15 is 0 Å². The molecule has 1 amide bonds. The number of carbonyl (C=O) groups excluding carboxylic acids is 1. The van der Waals surface area contributed by atoms with E-state index in [1.165, 1.54) is 10.7 Å². The molecule has 0 saturated carbocycles. The Bertz CT molecular complexity index is 690. The molecule has 0 radical (unpaired) electrons. The quantitative estimate of drug-likeness (QED) is 0.637. The first-order chi connectivity index (χ1) is 10.4. The first-order valence-corrected chi connectivity index (χ1v) is 6.92. The van der Waals surface area contributed by atoms with E-state index in [0.717, 1.165) is 12.1 Å². The number of carbonyl (C=O) groups is 1. The van der Waals surface area contributed by atoms with Crippen molar-refractivity contribution in [2.24, 2.45) is 0 Å². The Kier molecular flexibility index (Phi) is 4.54. The van der Waals surface area contributed by atoms with Crippen molar-refractivity contribution in [3.63, 3.8) is 0 Å². The fourth-order valence-corrected chi connectivity index (χ4v) is 2.07. The summed E-state index contributed by atoms with van der Waals surface area (Å²) < 4.78 is 3.12. The lowest BCUT2D eigenvalue weighted by Crippen LogP contribution is -2.31. The van der Waals surface area contributed by atoms with E-state index in [1.54, 1.807) is 24.7 Å². The van der Waals surface area contributed by atoms with Crippen molar-refractivity contribution in [1.29, 1.82) is 0 Å². The van der Waals surface area contributed by atoms with E-state index in [1.807, 2.05) is 13.1 Å². The van der Waals surface area contributed by atoms with Crippen molar-refractivity contribution in [3.8, 4) is 0 Å². The predicted molar refractivity (Wildman–Crippen MR) is 78.1 cm³/mol. The molecule has 0 spiro atoms. The molecule has 118 valence electrons. The van der Waals surface area contributed by atoms with Gasteiger partial charge in [0.2, 0.25) is 5.91 Å². The van der Waals surface area contributed by atoms with Crippen LogP contribution in [0.15, 0.2) is 18.5 Å². The molecule has 1 atom stereocenters. The van der Waals surface area contributed by atoms with Crippen LogP contribution in [0, 0.1) is 17.0 Å². The maximum Gasteiger partial charge on any atom is 0.390 e. The lowest BCUT2D eigenvalue weighted by molar-refractivity contribution is -0.389. The summed E-state index contributed by atoms with van der Waals surface area (Å²) in [6, 6.07) is 0.713. The summed E-state index contributed by atoms with van der Waals surface area (Å²) in [5.74, 6) is -0.522. The summed E-state index contributed by atoms with van der Waals surface area (Å²) in [6.45, 7) is 6.42. The molecular weight excluding hydrogens is 288 g/mol. The van der Waals surface area contributed by atoms with Gasteiger partial charge in [-0.3, -0.25) is 9.48 Å². The van der Waals surface area contributed by atoms with Crippen LogP contribution in [0.25, 0.3) is 0 Å². The Morgan fingerprint density at radius 3 is 2.82 bits per heavy atom. The van der Waals surface area contributed by atoms with Gasteiger partial charge >= 0.3 is 5.82 Å². The van der Waals surface area contributed by atoms with Gasteiger partial charge in [0, 0.05) is 24.8 Å². The minimum absolute atomic E-state index is 0.259. The van der Waals surface area contributed by atoms with Crippen LogP contribution in [0.2, 0.25) is 0 Å². The third-order valence-corrected chi connectivity index (χ3v) is 3.32. The molecule has 0 fully saturated rings. The first kappa shape index (κ1) is 15.7. The van der Waals surface area contributed by atoms with Crippen LogP contribution < -0.4 is 5.32 Å². The van der Waals surface area contributed by atoms with Gasteiger partial charge in [-0.25, -0.2) is 0 Å². The molecule has 0 aliphatic heterocycles. The third-order valence-electron chi connectivity index (χ3n) is 3.32. The lowest BCUT2D eigenvalue weighted by Gasteiger charge is -2.10. The van der Waals surface area contributed by atoms with Crippen molar-refractivity contribution in [1.82, 2.24) is 24.9 Å². The number of hydrogen-bond donors (Lipinski definition) is 1. The molecule has 9 heteroatoms. The molecule has 0 aliphatic carbocycles. The van der Waals surface area contributed by atoms with Gasteiger partial charge in [0.05, 0.1) is 23.1 Å². The van der Waals surface area contributed by atoms with Crippen molar-refractivity contribution in [2.45, 2.75) is 39.9 Å². The highest BCUT2D eigenvalue weighted by molar-refractivity contribution is 5.79. The number of hydrogen-bond acceptors (Lipinski definition) is 5. The highest BCUT2D eigenvalue weighted by Crippen LogP contribution is 2.16. The minimum atomic E-state index is -0.630. The minimum Gasteiger partial charge on any atom is -0.358 e. The van der Waals surface area contributed by atoms with E-state index < -0.39 is 11.0 Å². The van der Waals surface area contributed by atoms with Crippen molar-refractivity contribution in [2.75, 3.05) is 0 Å². The van der Waals surface area contributed by atoms with Crippen LogP contribution in [0.5, 0.6) is 0 Å². The van der Waals surface area contributed by atoms with Gasteiger partial charge in [-0.1, -0.05) is 0 Å². The zero-order valence-electron chi connectivity index (χ0n) is 12.7. The van der Waals surface area contributed by atoms with Gasteiger partial charge in [0.15, 0.2) is 0 Å². The predicted octanol–water partition coefficient (Wildman–Crippen LogP) is 1.19. The summed E-state index contributed by atoms with van der Waals surface area (Å²) in [4.78, 5) is 22.3. The first-order valence-electron chi connectivity index (χ1n) is 6.92. The van der Waals surface area contributed by atoms with Crippen LogP contribution in [0.1, 0.15) is 31.1 Å². The van der Waals surface area contributed by atoms with Gasteiger partial charge in [-0.15, -0.1) is 0 Å². The molecule has 2 rings (SSSR count). The van der Waals surface area contributed by atoms with E-state index in [9.17, 15) is 14.9 Å². The van der Waals surface area contributed by atoms with E-state index in [-0.39, 0.29) is 11.7 Å². The molecule has 0 aliphatic rings. The average molecular weight is 306 g/mol. The zero-order valence-corrected chi connectivity index (χ0v) is 12.7. The van der Waals surface area contributed by atoms with Crippen molar-refractivity contribution < 1.29 is 9.72 Å². The largest absolute Gasteiger partial charge is 0.390 e. The summed E-state index contributed by atoms with van der Waals surface area (Å²) in [6.07, 6.45) is 3.55. The van der Waals surface area contributed by atoms with Crippen LogP contribution >= 0.6 is 0 Å². The number of rotatable bonds is 6. The fourth-order valence-electron chi connectivity index (χ4n) is 2.07. The van der Waals surface area contributed by atoms with E-state index in [0.29, 0.717) is 12.2 Å². The SMILES string of the molecule is CCn1cc(CNC(=O)C(C)n2nc([N+](=O)[O-])cc2C)cn1. The van der Waals surface area contributed by atoms with Gasteiger partial charge < -0.3 is 15.4 Å². The van der Waals surface area contributed by atoms with Crippen LogP contribution in [-0.4, -0.2) is 30.4 Å². The van der Waals surface area contributed by atoms with E-state index in [4.69, 9.17) is 0 Å². The summed E-state index contributed by atoms with van der Waals surface area (Å²) in [7, 11) is 0. The molecule has 0 saturated heterocycles. The molecule has 1 unspecified atom stereocenters. The molecule has 22 heavy (non-hydrogen) atoms. The molecule has 1 N–H and O–H groups in total. The van der Waals surface area contributed by atoms with Crippen LogP contribution in [-0.2, 0) is 17.9 Å². The van der Waals surface area contributed by atoms with Gasteiger partial charge in [0.25, 0.3) is 0 Å². The van der Waals surface area contributed by atoms with Gasteiger partial charge in [-0.05, 0) is 25.7 Å². The normalized spacial score (nSPS) is 12.1. The number of amides is 1. The molecule has 2 heterocycles. The highest BCUT2D eigenvalue weighted by atomic mass is 16.6. The maximum atomic E-state index is 12.2. The van der Waals surface area contributed by atoms with Crippen LogP contribution in [0.4, 0.5) is 5.82 Å². The van der Waals surface area contributed by atoms with Crippen molar-refractivity contribution in [3.05, 3.63) is 39.8 Å². The number of aryl methyl sites for hydroxylation is 2. The fraction of sp³-hybridized carbons (Fsp3) is 0.462. The molecule has 2 aromatic rings. The maximum absolute atomic E-state index is 12.2. The Morgan fingerprint density at radius 1 is 1.55 bits per heavy atom. The van der Waals surface area contributed by atoms with Crippen molar-refractivity contribution >= 4 is 11.7 Å². The summed E-state index contributed by atoms with van der Waals surface area (Å²) >= 11 is 0. The Hall–Kier alpha value is -2.71. The number of nitrogens with one attached hydrogen (secondary N) is 1. The standard InChI is InChI=1S/C13H18N6O3/c1-4-17-8-11(7-15-17)6-14-13(20)10(3)18-9(2)5-12(16-18)19(21)22/h5,7-8,10H,4,6H2,1-3H3,(H,14,20). The molecule has 9 nitrogen and oxygen atoms in total. The van der Waals surface area contributed by atoms with Gasteiger partial charge in [0.1, 0.15) is 6.04 Å². The number of nitrogens with zero attached hydrogens (tertiary/aromatic N) is 5. The second-order valence-electron chi connectivity index (χ2n) is 4.94. The van der Waals surface area contributed by atoms with E-state index in [2.05, 4.69) is 15.5 Å². The Morgan fingerprint density at radius 2 is 2.27 bits per heavy atom. The topological polar surface area (TPSA) is 108 Å². The molecular formula is C13H18N6O3. The highest BCUT2D eigenvalue weighted by Gasteiger charge is 2.24. The van der Waals surface area contributed by atoms with Crippen LogP contribution in [0.3, 0.4) is 0 Å². The summed E-state index contributed by atoms with van der Waals surface area (Å²) in [5, 5.41) is 21.5. The Balaban J connectivity index is 2.01. The number of nitro groups is 1. The monoisotopic (exact) mass is 306 g/mol. The molecule has 2 aromatic heterocycles. The average Bonchev–Trinajstić information content (AvgIpc) is 3.10. The second-order valence-corrected chi connectivity index (χ2v) is 4.94.